The largest absolute Gasteiger partial charge is 0.486 e. The summed E-state index contributed by atoms with van der Waals surface area (Å²) in [6, 6.07) is 13.6. The van der Waals surface area contributed by atoms with E-state index in [9.17, 15) is 4.79 Å². The Balaban J connectivity index is 1.23. The maximum absolute atomic E-state index is 12.7. The van der Waals surface area contributed by atoms with Crippen LogP contribution in [0.3, 0.4) is 0 Å². The summed E-state index contributed by atoms with van der Waals surface area (Å²) in [5.41, 5.74) is 2.82. The van der Waals surface area contributed by atoms with Crippen molar-refractivity contribution in [3.8, 4) is 23.0 Å². The van der Waals surface area contributed by atoms with E-state index in [0.29, 0.717) is 30.1 Å². The lowest BCUT2D eigenvalue weighted by molar-refractivity contribution is -0.119. The number of para-hydroxylation sites is 1. The van der Waals surface area contributed by atoms with E-state index in [2.05, 4.69) is 34.3 Å². The molecule has 3 heterocycles. The average molecular weight is 465 g/mol. The van der Waals surface area contributed by atoms with Gasteiger partial charge in [0.1, 0.15) is 13.2 Å². The fourth-order valence-corrected chi connectivity index (χ4v) is 4.43. The highest BCUT2D eigenvalue weighted by molar-refractivity contribution is 7.99. The summed E-state index contributed by atoms with van der Waals surface area (Å²) < 4.78 is 17.1. The summed E-state index contributed by atoms with van der Waals surface area (Å²) in [5, 5.41) is 12.7. The molecule has 4 aromatic rings. The van der Waals surface area contributed by atoms with Gasteiger partial charge in [0.25, 0.3) is 11.1 Å². The molecule has 9 heteroatoms. The van der Waals surface area contributed by atoms with Gasteiger partial charge in [-0.1, -0.05) is 49.9 Å². The number of ether oxygens (including phenoxy) is 2. The van der Waals surface area contributed by atoms with Gasteiger partial charge in [0.05, 0.1) is 17.4 Å². The standard InChI is InChI=1S/C24H24N4O4S/c1-14(2)22(15-7-8-19-20(11-15)31-10-9-30-19)26-21(29)13-33-24-28-27-23(32-24)17-12-25-18-6-4-3-5-16(17)18/h3-8,11-12,14,22,25H,9-10,13H2,1-2H3,(H,26,29)/t22-/m0/s1. The molecule has 2 N–H and O–H groups in total. The first kappa shape index (κ1) is 21.4. The van der Waals surface area contributed by atoms with E-state index in [4.69, 9.17) is 13.9 Å². The second kappa shape index (κ2) is 9.19. The topological polar surface area (TPSA) is 102 Å². The van der Waals surface area contributed by atoms with Gasteiger partial charge in [-0.2, -0.15) is 0 Å². The number of nitrogens with zero attached hydrogens (tertiary/aromatic N) is 2. The molecule has 170 valence electrons. The molecule has 1 amide bonds. The average Bonchev–Trinajstić information content (AvgIpc) is 3.47. The van der Waals surface area contributed by atoms with E-state index >= 15 is 0 Å². The number of H-pyrrole nitrogens is 1. The summed E-state index contributed by atoms with van der Waals surface area (Å²) in [6.07, 6.45) is 1.85. The number of aromatic nitrogens is 3. The Morgan fingerprint density at radius 1 is 1.12 bits per heavy atom. The molecule has 0 fully saturated rings. The number of fused-ring (bicyclic) bond motifs is 2. The van der Waals surface area contributed by atoms with Gasteiger partial charge in [0.15, 0.2) is 11.5 Å². The zero-order valence-corrected chi connectivity index (χ0v) is 19.1. The van der Waals surface area contributed by atoms with Crippen LogP contribution in [0.2, 0.25) is 0 Å². The molecule has 8 nitrogen and oxygen atoms in total. The van der Waals surface area contributed by atoms with Crippen LogP contribution in [-0.2, 0) is 4.79 Å². The number of carbonyl (C=O) groups excluding carboxylic acids is 1. The fourth-order valence-electron chi connectivity index (χ4n) is 3.86. The summed E-state index contributed by atoms with van der Waals surface area (Å²) in [5.74, 6) is 2.12. The first-order chi connectivity index (χ1) is 16.1. The van der Waals surface area contributed by atoms with Crippen molar-refractivity contribution in [3.63, 3.8) is 0 Å². The minimum atomic E-state index is -0.154. The van der Waals surface area contributed by atoms with Crippen molar-refractivity contribution < 1.29 is 18.7 Å². The van der Waals surface area contributed by atoms with Crippen LogP contribution in [0.5, 0.6) is 11.5 Å². The lowest BCUT2D eigenvalue weighted by Crippen LogP contribution is -2.33. The van der Waals surface area contributed by atoms with Crippen molar-refractivity contribution in [1.82, 2.24) is 20.5 Å². The lowest BCUT2D eigenvalue weighted by atomic mass is 9.95. The van der Waals surface area contributed by atoms with Crippen LogP contribution in [-0.4, -0.2) is 40.1 Å². The van der Waals surface area contributed by atoms with Crippen molar-refractivity contribution in [2.75, 3.05) is 19.0 Å². The van der Waals surface area contributed by atoms with Crippen molar-refractivity contribution >= 4 is 28.6 Å². The van der Waals surface area contributed by atoms with Crippen LogP contribution in [0.15, 0.2) is 58.3 Å². The van der Waals surface area contributed by atoms with Gasteiger partial charge in [-0.25, -0.2) is 0 Å². The Hall–Kier alpha value is -3.46. The maximum atomic E-state index is 12.7. The number of carbonyl (C=O) groups is 1. The summed E-state index contributed by atoms with van der Waals surface area (Å²) in [4.78, 5) is 15.9. The molecule has 33 heavy (non-hydrogen) atoms. The molecule has 1 aliphatic rings. The SMILES string of the molecule is CC(C)[C@H](NC(=O)CSc1nnc(-c2c[nH]c3ccccc23)o1)c1ccc2c(c1)OCCO2. The Morgan fingerprint density at radius 2 is 1.94 bits per heavy atom. The molecule has 2 aromatic carbocycles. The van der Waals surface area contributed by atoms with Crippen LogP contribution < -0.4 is 14.8 Å². The molecule has 0 unspecified atom stereocenters. The number of nitrogens with one attached hydrogen (secondary N) is 2. The second-order valence-electron chi connectivity index (χ2n) is 8.10. The second-order valence-corrected chi connectivity index (χ2v) is 9.03. The normalized spacial score (nSPS) is 13.9. The van der Waals surface area contributed by atoms with E-state index in [0.717, 1.165) is 27.8 Å². The molecule has 0 spiro atoms. The molecule has 0 saturated heterocycles. The van der Waals surface area contributed by atoms with Crippen LogP contribution >= 0.6 is 11.8 Å². The lowest BCUT2D eigenvalue weighted by Gasteiger charge is -2.25. The highest BCUT2D eigenvalue weighted by atomic mass is 32.2. The zero-order valence-electron chi connectivity index (χ0n) is 18.3. The van der Waals surface area contributed by atoms with Gasteiger partial charge < -0.3 is 24.2 Å². The van der Waals surface area contributed by atoms with Crippen LogP contribution in [0, 0.1) is 5.92 Å². The molecule has 0 bridgehead atoms. The molecule has 0 radical (unpaired) electrons. The predicted octanol–water partition coefficient (Wildman–Crippen LogP) is 4.59. The highest BCUT2D eigenvalue weighted by Gasteiger charge is 2.22. The number of amides is 1. The third-order valence-electron chi connectivity index (χ3n) is 5.46. The number of hydrogen-bond donors (Lipinski definition) is 2. The molecule has 0 saturated carbocycles. The Kier molecular flexibility index (Phi) is 5.95. The van der Waals surface area contributed by atoms with Crippen LogP contribution in [0.25, 0.3) is 22.4 Å². The van der Waals surface area contributed by atoms with Gasteiger partial charge in [0, 0.05) is 17.1 Å². The van der Waals surface area contributed by atoms with Gasteiger partial charge in [-0.3, -0.25) is 4.79 Å². The van der Waals surface area contributed by atoms with E-state index in [1.165, 1.54) is 11.8 Å². The quantitative estimate of drug-likeness (QED) is 0.386. The summed E-state index contributed by atoms with van der Waals surface area (Å²) in [7, 11) is 0. The van der Waals surface area contributed by atoms with Crippen molar-refractivity contribution in [2.24, 2.45) is 5.92 Å². The smallest absolute Gasteiger partial charge is 0.277 e. The van der Waals surface area contributed by atoms with Crippen molar-refractivity contribution in [1.29, 1.82) is 0 Å². The van der Waals surface area contributed by atoms with Gasteiger partial charge in [-0.05, 0) is 29.7 Å². The number of rotatable bonds is 7. The molecule has 2 aromatic heterocycles. The zero-order chi connectivity index (χ0) is 22.8. The third kappa shape index (κ3) is 4.54. The van der Waals surface area contributed by atoms with Gasteiger partial charge in [0.2, 0.25) is 5.91 Å². The molecule has 1 atom stereocenters. The minimum absolute atomic E-state index is 0.111. The van der Waals surface area contributed by atoms with E-state index in [-0.39, 0.29) is 23.6 Å². The third-order valence-corrected chi connectivity index (χ3v) is 6.28. The van der Waals surface area contributed by atoms with E-state index < -0.39 is 0 Å². The molecule has 0 aliphatic carbocycles. The molecule has 5 rings (SSSR count). The number of benzene rings is 2. The monoisotopic (exact) mass is 464 g/mol. The fraction of sp³-hybridized carbons (Fsp3) is 0.292. The summed E-state index contributed by atoms with van der Waals surface area (Å²) >= 11 is 1.22. The van der Waals surface area contributed by atoms with Gasteiger partial charge >= 0.3 is 0 Å². The minimum Gasteiger partial charge on any atom is -0.486 e. The predicted molar refractivity (Wildman–Crippen MR) is 125 cm³/mol. The van der Waals surface area contributed by atoms with Gasteiger partial charge in [-0.15, -0.1) is 10.2 Å². The highest BCUT2D eigenvalue weighted by Crippen LogP contribution is 2.34. The van der Waals surface area contributed by atoms with E-state index in [1.807, 2.05) is 48.7 Å². The molecular weight excluding hydrogens is 440 g/mol. The number of hydrogen-bond acceptors (Lipinski definition) is 7. The Morgan fingerprint density at radius 3 is 2.79 bits per heavy atom. The maximum Gasteiger partial charge on any atom is 0.277 e. The Bertz CT molecular complexity index is 1280. The Labute approximate surface area is 195 Å². The van der Waals surface area contributed by atoms with E-state index in [1.54, 1.807) is 0 Å². The number of thioether (sulfide) groups is 1. The summed E-state index contributed by atoms with van der Waals surface area (Å²) in [6.45, 7) is 5.21. The van der Waals surface area contributed by atoms with Crippen molar-refractivity contribution in [2.45, 2.75) is 25.1 Å². The van der Waals surface area contributed by atoms with Crippen LogP contribution in [0.4, 0.5) is 0 Å². The first-order valence-corrected chi connectivity index (χ1v) is 11.8. The molecule has 1 aliphatic heterocycles. The molecular formula is C24H24N4O4S. The van der Waals surface area contributed by atoms with Crippen molar-refractivity contribution in [3.05, 3.63) is 54.2 Å². The number of aromatic amines is 1. The van der Waals surface area contributed by atoms with Crippen LogP contribution in [0.1, 0.15) is 25.5 Å². The first-order valence-electron chi connectivity index (χ1n) is 10.8.